The SMILES string of the molecule is C=C=CCN1CCCC1C(=O)OCc1ccccc1. The summed E-state index contributed by atoms with van der Waals surface area (Å²) in [6.07, 6.45) is 3.76. The third kappa shape index (κ3) is 3.82. The number of hydrogen-bond donors (Lipinski definition) is 0. The Labute approximate surface area is 114 Å². The van der Waals surface area contributed by atoms with Gasteiger partial charge in [-0.25, -0.2) is 0 Å². The van der Waals surface area contributed by atoms with Crippen molar-refractivity contribution < 1.29 is 9.53 Å². The minimum absolute atomic E-state index is 0.117. The zero-order chi connectivity index (χ0) is 13.5. The number of carbonyl (C=O) groups is 1. The summed E-state index contributed by atoms with van der Waals surface area (Å²) in [5.74, 6) is -0.126. The van der Waals surface area contributed by atoms with Gasteiger partial charge in [0.05, 0.1) is 0 Å². The van der Waals surface area contributed by atoms with Crippen molar-refractivity contribution in [1.29, 1.82) is 0 Å². The van der Waals surface area contributed by atoms with Crippen LogP contribution in [0.3, 0.4) is 0 Å². The molecule has 100 valence electrons. The standard InChI is InChI=1S/C16H19NO2/c1-2-3-11-17-12-7-10-15(17)16(18)19-13-14-8-5-4-6-9-14/h3-6,8-9,15H,1,7,10-13H2. The maximum Gasteiger partial charge on any atom is 0.323 e. The topological polar surface area (TPSA) is 29.5 Å². The second kappa shape index (κ2) is 6.93. The van der Waals surface area contributed by atoms with Gasteiger partial charge in [-0.05, 0) is 31.0 Å². The summed E-state index contributed by atoms with van der Waals surface area (Å²) in [7, 11) is 0. The number of hydrogen-bond acceptors (Lipinski definition) is 3. The monoisotopic (exact) mass is 257 g/mol. The Morgan fingerprint density at radius 2 is 2.26 bits per heavy atom. The van der Waals surface area contributed by atoms with Crippen LogP contribution in [-0.4, -0.2) is 30.0 Å². The van der Waals surface area contributed by atoms with E-state index in [-0.39, 0.29) is 12.0 Å². The van der Waals surface area contributed by atoms with E-state index in [4.69, 9.17) is 4.74 Å². The first-order chi connectivity index (χ1) is 9.31. The summed E-state index contributed by atoms with van der Waals surface area (Å²) in [6, 6.07) is 9.64. The summed E-state index contributed by atoms with van der Waals surface area (Å²) in [4.78, 5) is 14.2. The highest BCUT2D eigenvalue weighted by atomic mass is 16.5. The first-order valence-electron chi connectivity index (χ1n) is 6.60. The van der Waals surface area contributed by atoms with Gasteiger partial charge in [0.25, 0.3) is 0 Å². The highest BCUT2D eigenvalue weighted by molar-refractivity contribution is 5.76. The van der Waals surface area contributed by atoms with Crippen molar-refractivity contribution in [3.8, 4) is 0 Å². The molecule has 3 heteroatoms. The van der Waals surface area contributed by atoms with Gasteiger partial charge in [0, 0.05) is 6.54 Å². The lowest BCUT2D eigenvalue weighted by molar-refractivity contribution is -0.150. The average molecular weight is 257 g/mol. The van der Waals surface area contributed by atoms with Crippen LogP contribution in [0.1, 0.15) is 18.4 Å². The molecular formula is C16H19NO2. The highest BCUT2D eigenvalue weighted by Gasteiger charge is 2.30. The fourth-order valence-corrected chi connectivity index (χ4v) is 2.32. The smallest absolute Gasteiger partial charge is 0.323 e. The number of benzene rings is 1. The summed E-state index contributed by atoms with van der Waals surface area (Å²) in [5, 5.41) is 0. The molecule has 0 spiro atoms. The fourth-order valence-electron chi connectivity index (χ4n) is 2.32. The number of rotatable bonds is 5. The van der Waals surface area contributed by atoms with Crippen molar-refractivity contribution in [2.75, 3.05) is 13.1 Å². The minimum atomic E-state index is -0.126. The van der Waals surface area contributed by atoms with Crippen LogP contribution in [0.2, 0.25) is 0 Å². The number of nitrogens with zero attached hydrogens (tertiary/aromatic N) is 1. The van der Waals surface area contributed by atoms with Crippen LogP contribution in [0.5, 0.6) is 0 Å². The van der Waals surface area contributed by atoms with Crippen molar-refractivity contribution in [2.24, 2.45) is 0 Å². The lowest BCUT2D eigenvalue weighted by Gasteiger charge is -2.21. The molecule has 3 nitrogen and oxygen atoms in total. The molecule has 1 aliphatic rings. The molecule has 19 heavy (non-hydrogen) atoms. The molecule has 0 aromatic heterocycles. The Kier molecular flexibility index (Phi) is 4.96. The molecule has 0 radical (unpaired) electrons. The minimum Gasteiger partial charge on any atom is -0.460 e. The van der Waals surface area contributed by atoms with E-state index in [0.29, 0.717) is 13.2 Å². The van der Waals surface area contributed by atoms with Crippen LogP contribution < -0.4 is 0 Å². The van der Waals surface area contributed by atoms with E-state index in [1.807, 2.05) is 36.4 Å². The Bertz CT molecular complexity index is 463. The van der Waals surface area contributed by atoms with Gasteiger partial charge in [-0.3, -0.25) is 9.69 Å². The van der Waals surface area contributed by atoms with Gasteiger partial charge in [-0.15, -0.1) is 5.73 Å². The van der Waals surface area contributed by atoms with Crippen LogP contribution >= 0.6 is 0 Å². The van der Waals surface area contributed by atoms with E-state index in [9.17, 15) is 4.79 Å². The maximum atomic E-state index is 12.1. The molecule has 0 saturated carbocycles. The summed E-state index contributed by atoms with van der Waals surface area (Å²) < 4.78 is 5.39. The molecule has 1 saturated heterocycles. The normalized spacial score (nSPS) is 18.8. The van der Waals surface area contributed by atoms with Gasteiger partial charge in [-0.1, -0.05) is 36.9 Å². The summed E-state index contributed by atoms with van der Waals surface area (Å²) in [5.41, 5.74) is 3.76. The summed E-state index contributed by atoms with van der Waals surface area (Å²) in [6.45, 7) is 5.54. The second-order valence-corrected chi connectivity index (χ2v) is 4.65. The van der Waals surface area contributed by atoms with E-state index in [2.05, 4.69) is 17.2 Å². The van der Waals surface area contributed by atoms with E-state index >= 15 is 0 Å². The Morgan fingerprint density at radius 3 is 3.00 bits per heavy atom. The molecule has 1 aromatic rings. The van der Waals surface area contributed by atoms with Crippen molar-refractivity contribution in [2.45, 2.75) is 25.5 Å². The Hall–Kier alpha value is -1.83. The van der Waals surface area contributed by atoms with Crippen molar-refractivity contribution in [3.63, 3.8) is 0 Å². The van der Waals surface area contributed by atoms with Gasteiger partial charge in [-0.2, -0.15) is 0 Å². The summed E-state index contributed by atoms with van der Waals surface area (Å²) >= 11 is 0. The maximum absolute atomic E-state index is 12.1. The van der Waals surface area contributed by atoms with Crippen LogP contribution in [0.25, 0.3) is 0 Å². The molecule has 1 aliphatic heterocycles. The third-order valence-electron chi connectivity index (χ3n) is 3.33. The highest BCUT2D eigenvalue weighted by Crippen LogP contribution is 2.18. The predicted octanol–water partition coefficient (Wildman–Crippen LogP) is 2.54. The van der Waals surface area contributed by atoms with Crippen LogP contribution in [0.4, 0.5) is 0 Å². The van der Waals surface area contributed by atoms with Gasteiger partial charge in [0.1, 0.15) is 12.6 Å². The molecule has 0 bridgehead atoms. The van der Waals surface area contributed by atoms with Crippen molar-refractivity contribution >= 4 is 5.97 Å². The Balaban J connectivity index is 1.86. The largest absolute Gasteiger partial charge is 0.460 e. The van der Waals surface area contributed by atoms with Crippen molar-refractivity contribution in [1.82, 2.24) is 4.90 Å². The zero-order valence-electron chi connectivity index (χ0n) is 11.0. The van der Waals surface area contributed by atoms with Crippen LogP contribution in [0.15, 0.2) is 48.7 Å². The Morgan fingerprint density at radius 1 is 1.47 bits per heavy atom. The van der Waals surface area contributed by atoms with Crippen LogP contribution in [0, 0.1) is 0 Å². The number of likely N-dealkylation sites (tertiary alicyclic amines) is 1. The number of carbonyl (C=O) groups excluding carboxylic acids is 1. The third-order valence-corrected chi connectivity index (χ3v) is 3.33. The molecule has 0 N–H and O–H groups in total. The first kappa shape index (κ1) is 13.6. The van der Waals surface area contributed by atoms with Gasteiger partial charge >= 0.3 is 5.97 Å². The van der Waals surface area contributed by atoms with E-state index in [1.165, 1.54) is 0 Å². The second-order valence-electron chi connectivity index (χ2n) is 4.65. The molecule has 1 aromatic carbocycles. The molecule has 2 rings (SSSR count). The number of esters is 1. The van der Waals surface area contributed by atoms with Gasteiger partial charge in [0.15, 0.2) is 0 Å². The first-order valence-corrected chi connectivity index (χ1v) is 6.60. The molecule has 1 heterocycles. The fraction of sp³-hybridized carbons (Fsp3) is 0.375. The van der Waals surface area contributed by atoms with Crippen molar-refractivity contribution in [3.05, 3.63) is 54.3 Å². The van der Waals surface area contributed by atoms with E-state index in [1.54, 1.807) is 0 Å². The lowest BCUT2D eigenvalue weighted by Crippen LogP contribution is -2.37. The van der Waals surface area contributed by atoms with Gasteiger partial charge in [0.2, 0.25) is 0 Å². The average Bonchev–Trinajstić information content (AvgIpc) is 2.92. The molecule has 1 fully saturated rings. The molecular weight excluding hydrogens is 238 g/mol. The predicted molar refractivity (Wildman–Crippen MR) is 74.5 cm³/mol. The van der Waals surface area contributed by atoms with Gasteiger partial charge < -0.3 is 4.74 Å². The number of ether oxygens (including phenoxy) is 1. The molecule has 0 amide bonds. The molecule has 1 atom stereocenters. The van der Waals surface area contributed by atoms with E-state index < -0.39 is 0 Å². The molecule has 1 unspecified atom stereocenters. The van der Waals surface area contributed by atoms with E-state index in [0.717, 1.165) is 24.9 Å². The zero-order valence-corrected chi connectivity index (χ0v) is 11.0. The lowest BCUT2D eigenvalue weighted by atomic mass is 10.2. The van der Waals surface area contributed by atoms with Crippen LogP contribution in [-0.2, 0) is 16.1 Å². The molecule has 0 aliphatic carbocycles. The quantitative estimate of drug-likeness (QED) is 0.599.